The van der Waals surface area contributed by atoms with Gasteiger partial charge in [0.2, 0.25) is 11.8 Å². The van der Waals surface area contributed by atoms with E-state index in [1.807, 2.05) is 49.4 Å². The van der Waals surface area contributed by atoms with Gasteiger partial charge in [0.25, 0.3) is 0 Å². The predicted octanol–water partition coefficient (Wildman–Crippen LogP) is 3.11. The van der Waals surface area contributed by atoms with Gasteiger partial charge in [-0.15, -0.1) is 0 Å². The Morgan fingerprint density at radius 1 is 1.07 bits per heavy atom. The number of hydrogen-bond donors (Lipinski definition) is 0. The molecular formula is C23H28N2O5. The minimum Gasteiger partial charge on any atom is -0.497 e. The molecule has 7 heteroatoms. The molecule has 1 saturated heterocycles. The minimum atomic E-state index is -0.371. The Kier molecular flexibility index (Phi) is 6.82. The van der Waals surface area contributed by atoms with Crippen molar-refractivity contribution >= 4 is 17.5 Å². The Morgan fingerprint density at radius 2 is 1.83 bits per heavy atom. The second-order valence-electron chi connectivity index (χ2n) is 7.15. The van der Waals surface area contributed by atoms with Crippen LogP contribution in [0.4, 0.5) is 5.69 Å². The summed E-state index contributed by atoms with van der Waals surface area (Å²) in [5.41, 5.74) is 1.69. The molecule has 160 valence electrons. The van der Waals surface area contributed by atoms with Gasteiger partial charge in [-0.3, -0.25) is 9.59 Å². The largest absolute Gasteiger partial charge is 0.497 e. The maximum absolute atomic E-state index is 13.2. The van der Waals surface area contributed by atoms with Crippen molar-refractivity contribution < 1.29 is 23.8 Å². The molecule has 30 heavy (non-hydrogen) atoms. The molecule has 0 aliphatic carbocycles. The highest BCUT2D eigenvalue weighted by Gasteiger charge is 2.37. The van der Waals surface area contributed by atoms with E-state index in [0.29, 0.717) is 36.9 Å². The molecule has 1 aliphatic heterocycles. The lowest BCUT2D eigenvalue weighted by Gasteiger charge is -2.25. The van der Waals surface area contributed by atoms with Crippen LogP contribution in [-0.4, -0.2) is 51.1 Å². The van der Waals surface area contributed by atoms with E-state index in [1.54, 1.807) is 31.1 Å². The fourth-order valence-electron chi connectivity index (χ4n) is 3.70. The maximum Gasteiger partial charge on any atom is 0.228 e. The van der Waals surface area contributed by atoms with Crippen LogP contribution in [0.3, 0.4) is 0 Å². The lowest BCUT2D eigenvalue weighted by Crippen LogP contribution is -2.37. The molecule has 2 aromatic rings. The summed E-state index contributed by atoms with van der Waals surface area (Å²) in [6.45, 7) is 3.30. The molecule has 3 rings (SSSR count). The van der Waals surface area contributed by atoms with Crippen LogP contribution in [0.5, 0.6) is 17.2 Å². The number of hydrogen-bond acceptors (Lipinski definition) is 5. The molecule has 1 unspecified atom stereocenters. The fraction of sp³-hybridized carbons (Fsp3) is 0.391. The molecule has 2 aromatic carbocycles. The number of methoxy groups -OCH3 is 3. The topological polar surface area (TPSA) is 68.3 Å². The van der Waals surface area contributed by atoms with Crippen LogP contribution in [0, 0.1) is 5.92 Å². The van der Waals surface area contributed by atoms with E-state index in [2.05, 4.69) is 0 Å². The number of carbonyl (C=O) groups is 2. The molecule has 0 spiro atoms. The second-order valence-corrected chi connectivity index (χ2v) is 7.15. The molecule has 2 amide bonds. The first-order valence-corrected chi connectivity index (χ1v) is 9.94. The van der Waals surface area contributed by atoms with E-state index < -0.39 is 0 Å². The van der Waals surface area contributed by atoms with Crippen LogP contribution < -0.4 is 19.1 Å². The van der Waals surface area contributed by atoms with Gasteiger partial charge in [0.05, 0.1) is 27.2 Å². The van der Waals surface area contributed by atoms with Gasteiger partial charge in [0.15, 0.2) is 11.5 Å². The highest BCUT2D eigenvalue weighted by molar-refractivity contribution is 6.00. The Morgan fingerprint density at radius 3 is 2.50 bits per heavy atom. The number of rotatable bonds is 8. The fourth-order valence-corrected chi connectivity index (χ4v) is 3.70. The third-order valence-corrected chi connectivity index (χ3v) is 5.35. The standard InChI is InChI=1S/C23H28N2O5/c1-5-24(14-16-9-10-20(29-3)21(11-16)30-4)23(27)17-12-22(26)25(15-17)18-7-6-8-19(13-18)28-2/h6-11,13,17H,5,12,14-15H2,1-4H3. The van der Waals surface area contributed by atoms with Crippen LogP contribution >= 0.6 is 0 Å². The lowest BCUT2D eigenvalue weighted by molar-refractivity contribution is -0.136. The van der Waals surface area contributed by atoms with Crippen LogP contribution in [0.25, 0.3) is 0 Å². The molecule has 1 heterocycles. The molecule has 0 saturated carbocycles. The predicted molar refractivity (Wildman–Crippen MR) is 114 cm³/mol. The number of ether oxygens (including phenoxy) is 3. The summed E-state index contributed by atoms with van der Waals surface area (Å²) in [5, 5.41) is 0. The van der Waals surface area contributed by atoms with Gasteiger partial charge in [-0.2, -0.15) is 0 Å². The molecule has 0 aromatic heterocycles. The summed E-state index contributed by atoms with van der Waals surface area (Å²) in [4.78, 5) is 29.2. The van der Waals surface area contributed by atoms with Crippen molar-refractivity contribution in [2.75, 3.05) is 39.3 Å². The normalized spacial score (nSPS) is 15.8. The van der Waals surface area contributed by atoms with Crippen molar-refractivity contribution in [3.8, 4) is 17.2 Å². The Bertz CT molecular complexity index is 914. The van der Waals surface area contributed by atoms with Gasteiger partial charge in [0.1, 0.15) is 5.75 Å². The van der Waals surface area contributed by atoms with Crippen LogP contribution in [-0.2, 0) is 16.1 Å². The van der Waals surface area contributed by atoms with Crippen LogP contribution in [0.2, 0.25) is 0 Å². The molecule has 1 atom stereocenters. The molecule has 0 N–H and O–H groups in total. The van der Waals surface area contributed by atoms with Crippen molar-refractivity contribution in [1.29, 1.82) is 0 Å². The first-order valence-electron chi connectivity index (χ1n) is 9.94. The number of carbonyl (C=O) groups excluding carboxylic acids is 2. The van der Waals surface area contributed by atoms with E-state index in [9.17, 15) is 9.59 Å². The number of amides is 2. The van der Waals surface area contributed by atoms with E-state index >= 15 is 0 Å². The summed E-state index contributed by atoms with van der Waals surface area (Å²) >= 11 is 0. The first kappa shape index (κ1) is 21.5. The van der Waals surface area contributed by atoms with Gasteiger partial charge >= 0.3 is 0 Å². The quantitative estimate of drug-likeness (QED) is 0.666. The van der Waals surface area contributed by atoms with Gasteiger partial charge < -0.3 is 24.0 Å². The summed E-state index contributed by atoms with van der Waals surface area (Å²) in [7, 11) is 4.76. The average Bonchev–Trinajstić information content (AvgIpc) is 3.18. The third kappa shape index (κ3) is 4.50. The smallest absolute Gasteiger partial charge is 0.228 e. The van der Waals surface area contributed by atoms with E-state index in [4.69, 9.17) is 14.2 Å². The molecular weight excluding hydrogens is 384 g/mol. The van der Waals surface area contributed by atoms with Crippen LogP contribution in [0.1, 0.15) is 18.9 Å². The van der Waals surface area contributed by atoms with Crippen molar-refractivity contribution in [3.05, 3.63) is 48.0 Å². The molecule has 1 aliphatic rings. The summed E-state index contributed by atoms with van der Waals surface area (Å²) in [5.74, 6) is 1.50. The number of anilines is 1. The highest BCUT2D eigenvalue weighted by atomic mass is 16.5. The van der Waals surface area contributed by atoms with E-state index in [1.165, 1.54) is 0 Å². The highest BCUT2D eigenvalue weighted by Crippen LogP contribution is 2.30. The van der Waals surface area contributed by atoms with Crippen molar-refractivity contribution in [2.45, 2.75) is 19.9 Å². The zero-order chi connectivity index (χ0) is 21.7. The molecule has 1 fully saturated rings. The number of nitrogens with zero attached hydrogens (tertiary/aromatic N) is 2. The zero-order valence-electron chi connectivity index (χ0n) is 17.9. The van der Waals surface area contributed by atoms with Crippen molar-refractivity contribution in [1.82, 2.24) is 4.90 Å². The first-order chi connectivity index (χ1) is 14.5. The van der Waals surface area contributed by atoms with E-state index in [0.717, 1.165) is 11.3 Å². The zero-order valence-corrected chi connectivity index (χ0v) is 17.9. The number of benzene rings is 2. The Hall–Kier alpha value is -3.22. The Labute approximate surface area is 177 Å². The van der Waals surface area contributed by atoms with Gasteiger partial charge in [-0.05, 0) is 36.8 Å². The minimum absolute atomic E-state index is 0.0222. The van der Waals surface area contributed by atoms with Gasteiger partial charge in [-0.25, -0.2) is 0 Å². The van der Waals surface area contributed by atoms with Gasteiger partial charge in [-0.1, -0.05) is 12.1 Å². The summed E-state index contributed by atoms with van der Waals surface area (Å²) < 4.78 is 15.9. The summed E-state index contributed by atoms with van der Waals surface area (Å²) in [6, 6.07) is 13.0. The Balaban J connectivity index is 1.72. The molecule has 7 nitrogen and oxygen atoms in total. The maximum atomic E-state index is 13.2. The lowest BCUT2D eigenvalue weighted by atomic mass is 10.1. The summed E-state index contributed by atoms with van der Waals surface area (Å²) in [6.07, 6.45) is 0.207. The molecule has 0 radical (unpaired) electrons. The van der Waals surface area contributed by atoms with Crippen LogP contribution in [0.15, 0.2) is 42.5 Å². The second kappa shape index (κ2) is 9.52. The molecule has 0 bridgehead atoms. The average molecular weight is 412 g/mol. The SMILES string of the molecule is CCN(Cc1ccc(OC)c(OC)c1)C(=O)C1CC(=O)N(c2cccc(OC)c2)C1. The third-order valence-electron chi connectivity index (χ3n) is 5.35. The van der Waals surface area contributed by atoms with Crippen molar-refractivity contribution in [2.24, 2.45) is 5.92 Å². The van der Waals surface area contributed by atoms with Gasteiger partial charge in [0, 0.05) is 37.8 Å². The monoisotopic (exact) mass is 412 g/mol. The van der Waals surface area contributed by atoms with Crippen molar-refractivity contribution in [3.63, 3.8) is 0 Å². The van der Waals surface area contributed by atoms with E-state index in [-0.39, 0.29) is 24.2 Å².